The third kappa shape index (κ3) is 3.60. The Balaban J connectivity index is 2.18. The maximum absolute atomic E-state index is 11.5. The summed E-state index contributed by atoms with van der Waals surface area (Å²) >= 11 is 0. The Kier molecular flexibility index (Phi) is 4.94. The van der Waals surface area contributed by atoms with Crippen molar-refractivity contribution in [2.75, 3.05) is 0 Å². The van der Waals surface area contributed by atoms with Crippen molar-refractivity contribution in [3.05, 3.63) is 24.3 Å². The Morgan fingerprint density at radius 3 is 2.56 bits per heavy atom. The SMILES string of the molecule is C=C(CCC(=O)CCC=CC)C1(O)CCC1. The van der Waals surface area contributed by atoms with Crippen molar-refractivity contribution in [2.45, 2.75) is 57.5 Å². The van der Waals surface area contributed by atoms with Gasteiger partial charge in [0, 0.05) is 12.8 Å². The lowest BCUT2D eigenvalue weighted by Gasteiger charge is -2.38. The molecular formula is C14H22O2. The lowest BCUT2D eigenvalue weighted by molar-refractivity contribution is -0.119. The molecule has 0 aliphatic heterocycles. The highest BCUT2D eigenvalue weighted by Gasteiger charge is 2.36. The van der Waals surface area contributed by atoms with E-state index in [0.717, 1.165) is 31.3 Å². The van der Waals surface area contributed by atoms with Crippen LogP contribution in [0, 0.1) is 0 Å². The molecule has 90 valence electrons. The van der Waals surface area contributed by atoms with E-state index in [-0.39, 0.29) is 5.78 Å². The van der Waals surface area contributed by atoms with Crippen LogP contribution >= 0.6 is 0 Å². The van der Waals surface area contributed by atoms with Crippen LogP contribution in [0.3, 0.4) is 0 Å². The Morgan fingerprint density at radius 2 is 2.06 bits per heavy atom. The highest BCUT2D eigenvalue weighted by Crippen LogP contribution is 2.38. The van der Waals surface area contributed by atoms with E-state index in [9.17, 15) is 9.90 Å². The number of aliphatic hydroxyl groups is 1. The van der Waals surface area contributed by atoms with Crippen LogP contribution in [0.2, 0.25) is 0 Å². The average molecular weight is 222 g/mol. The molecule has 0 aromatic rings. The minimum Gasteiger partial charge on any atom is -0.386 e. The van der Waals surface area contributed by atoms with Crippen molar-refractivity contribution in [1.29, 1.82) is 0 Å². The molecule has 1 fully saturated rings. The second kappa shape index (κ2) is 6.00. The summed E-state index contributed by atoms with van der Waals surface area (Å²) < 4.78 is 0. The number of allylic oxidation sites excluding steroid dienone is 2. The normalized spacial score (nSPS) is 18.4. The van der Waals surface area contributed by atoms with Crippen LogP contribution in [0.15, 0.2) is 24.3 Å². The van der Waals surface area contributed by atoms with Crippen molar-refractivity contribution in [3.8, 4) is 0 Å². The van der Waals surface area contributed by atoms with Gasteiger partial charge in [-0.1, -0.05) is 18.7 Å². The number of ketones is 1. The molecule has 1 aliphatic carbocycles. The summed E-state index contributed by atoms with van der Waals surface area (Å²) in [6.45, 7) is 5.86. The molecular weight excluding hydrogens is 200 g/mol. The van der Waals surface area contributed by atoms with Gasteiger partial charge in [-0.25, -0.2) is 0 Å². The van der Waals surface area contributed by atoms with E-state index in [1.54, 1.807) is 0 Å². The molecule has 0 amide bonds. The monoisotopic (exact) mass is 222 g/mol. The molecule has 0 aromatic heterocycles. The smallest absolute Gasteiger partial charge is 0.133 e. The van der Waals surface area contributed by atoms with E-state index < -0.39 is 5.60 Å². The highest BCUT2D eigenvalue weighted by molar-refractivity contribution is 5.78. The molecule has 2 heteroatoms. The summed E-state index contributed by atoms with van der Waals surface area (Å²) in [7, 11) is 0. The van der Waals surface area contributed by atoms with Gasteiger partial charge in [0.05, 0.1) is 5.60 Å². The minimum atomic E-state index is -0.649. The van der Waals surface area contributed by atoms with Gasteiger partial charge in [0.15, 0.2) is 0 Å². The molecule has 0 atom stereocenters. The summed E-state index contributed by atoms with van der Waals surface area (Å²) in [6.07, 6.45) is 9.28. The lowest BCUT2D eigenvalue weighted by Crippen LogP contribution is -2.38. The fourth-order valence-corrected chi connectivity index (χ4v) is 1.92. The summed E-state index contributed by atoms with van der Waals surface area (Å²) in [4.78, 5) is 11.5. The molecule has 2 nitrogen and oxygen atoms in total. The van der Waals surface area contributed by atoms with Crippen molar-refractivity contribution in [1.82, 2.24) is 0 Å². The first kappa shape index (κ1) is 13.2. The van der Waals surface area contributed by atoms with Crippen LogP contribution in [0.5, 0.6) is 0 Å². The van der Waals surface area contributed by atoms with Crippen LogP contribution in [-0.2, 0) is 4.79 Å². The van der Waals surface area contributed by atoms with Crippen molar-refractivity contribution >= 4 is 5.78 Å². The number of hydrogen-bond acceptors (Lipinski definition) is 2. The van der Waals surface area contributed by atoms with E-state index >= 15 is 0 Å². The number of rotatable bonds is 7. The third-order valence-electron chi connectivity index (χ3n) is 3.37. The Bertz CT molecular complexity index is 285. The molecule has 16 heavy (non-hydrogen) atoms. The number of carbonyl (C=O) groups is 1. The molecule has 1 aliphatic rings. The zero-order valence-corrected chi connectivity index (χ0v) is 10.2. The molecule has 1 N–H and O–H groups in total. The first-order chi connectivity index (χ1) is 7.58. The molecule has 0 aromatic carbocycles. The lowest BCUT2D eigenvalue weighted by atomic mass is 9.74. The Morgan fingerprint density at radius 1 is 1.38 bits per heavy atom. The molecule has 0 heterocycles. The van der Waals surface area contributed by atoms with Gasteiger partial charge in [0.2, 0.25) is 0 Å². The summed E-state index contributed by atoms with van der Waals surface area (Å²) in [5.74, 6) is 0.266. The predicted octanol–water partition coefficient (Wildman–Crippen LogP) is 3.16. The van der Waals surface area contributed by atoms with Crippen LogP contribution in [0.25, 0.3) is 0 Å². The molecule has 1 rings (SSSR count). The quantitative estimate of drug-likeness (QED) is 0.672. The largest absolute Gasteiger partial charge is 0.386 e. The van der Waals surface area contributed by atoms with Crippen LogP contribution in [0.1, 0.15) is 51.9 Å². The van der Waals surface area contributed by atoms with Gasteiger partial charge in [0.25, 0.3) is 0 Å². The molecule has 0 spiro atoms. The van der Waals surface area contributed by atoms with Crippen LogP contribution < -0.4 is 0 Å². The minimum absolute atomic E-state index is 0.266. The van der Waals surface area contributed by atoms with Crippen molar-refractivity contribution < 1.29 is 9.90 Å². The van der Waals surface area contributed by atoms with E-state index in [2.05, 4.69) is 6.58 Å². The molecule has 0 saturated heterocycles. The summed E-state index contributed by atoms with van der Waals surface area (Å²) in [6, 6.07) is 0. The van der Waals surface area contributed by atoms with Crippen molar-refractivity contribution in [2.24, 2.45) is 0 Å². The summed E-state index contributed by atoms with van der Waals surface area (Å²) in [5, 5.41) is 9.98. The first-order valence-electron chi connectivity index (χ1n) is 6.12. The molecule has 0 unspecified atom stereocenters. The van der Waals surface area contributed by atoms with Gasteiger partial charge in [0.1, 0.15) is 5.78 Å². The highest BCUT2D eigenvalue weighted by atomic mass is 16.3. The second-order valence-corrected chi connectivity index (χ2v) is 4.64. The van der Waals surface area contributed by atoms with E-state index in [1.807, 2.05) is 19.1 Å². The zero-order valence-electron chi connectivity index (χ0n) is 10.2. The van der Waals surface area contributed by atoms with Crippen LogP contribution in [0.4, 0.5) is 0 Å². The van der Waals surface area contributed by atoms with Gasteiger partial charge in [-0.3, -0.25) is 4.79 Å². The van der Waals surface area contributed by atoms with Crippen LogP contribution in [-0.4, -0.2) is 16.5 Å². The average Bonchev–Trinajstić information content (AvgIpc) is 2.23. The Hall–Kier alpha value is -0.890. The standard InChI is InChI=1S/C14H22O2/c1-3-4-5-7-13(15)9-8-12(2)14(16)10-6-11-14/h3-4,16H,2,5-11H2,1H3. The van der Waals surface area contributed by atoms with Gasteiger partial charge >= 0.3 is 0 Å². The van der Waals surface area contributed by atoms with Gasteiger partial charge in [-0.2, -0.15) is 0 Å². The Labute approximate surface area is 98.1 Å². The maximum Gasteiger partial charge on any atom is 0.133 e. The zero-order chi connectivity index (χ0) is 12.0. The van der Waals surface area contributed by atoms with E-state index in [0.29, 0.717) is 19.3 Å². The van der Waals surface area contributed by atoms with E-state index in [1.165, 1.54) is 0 Å². The maximum atomic E-state index is 11.5. The van der Waals surface area contributed by atoms with Gasteiger partial charge < -0.3 is 5.11 Å². The predicted molar refractivity (Wildman–Crippen MR) is 66.2 cm³/mol. The van der Waals surface area contributed by atoms with Crippen molar-refractivity contribution in [3.63, 3.8) is 0 Å². The van der Waals surface area contributed by atoms with E-state index in [4.69, 9.17) is 0 Å². The fraction of sp³-hybridized carbons (Fsp3) is 0.643. The van der Waals surface area contributed by atoms with Gasteiger partial charge in [-0.05, 0) is 44.6 Å². The molecule has 0 radical (unpaired) electrons. The summed E-state index contributed by atoms with van der Waals surface area (Å²) in [5.41, 5.74) is 0.196. The molecule has 0 bridgehead atoms. The number of carbonyl (C=O) groups excluding carboxylic acids is 1. The topological polar surface area (TPSA) is 37.3 Å². The number of Topliss-reactive ketones (excluding diaryl/α,β-unsaturated/α-hetero) is 1. The number of hydrogen-bond donors (Lipinski definition) is 1. The first-order valence-corrected chi connectivity index (χ1v) is 6.12. The second-order valence-electron chi connectivity index (χ2n) is 4.64. The van der Waals surface area contributed by atoms with Gasteiger partial charge in [-0.15, -0.1) is 0 Å². The molecule has 1 saturated carbocycles. The fourth-order valence-electron chi connectivity index (χ4n) is 1.92. The third-order valence-corrected chi connectivity index (χ3v) is 3.37.